The highest BCUT2D eigenvalue weighted by atomic mass is 35.5. The van der Waals surface area contributed by atoms with Crippen LogP contribution in [-0.4, -0.2) is 24.3 Å². The van der Waals surface area contributed by atoms with Gasteiger partial charge in [0.05, 0.1) is 4.91 Å². The van der Waals surface area contributed by atoms with Gasteiger partial charge in [-0.25, -0.2) is 4.39 Å². The van der Waals surface area contributed by atoms with Gasteiger partial charge in [-0.3, -0.25) is 4.79 Å². The van der Waals surface area contributed by atoms with E-state index in [0.29, 0.717) is 23.3 Å². The van der Waals surface area contributed by atoms with Crippen molar-refractivity contribution in [2.24, 2.45) is 10.7 Å². The number of hydrogen-bond acceptors (Lipinski definition) is 4. The summed E-state index contributed by atoms with van der Waals surface area (Å²) < 4.78 is 17.9. The van der Waals surface area contributed by atoms with Gasteiger partial charge in [0.2, 0.25) is 0 Å². The fourth-order valence-corrected chi connectivity index (χ4v) is 2.10. The van der Waals surface area contributed by atoms with E-state index in [1.54, 1.807) is 18.2 Å². The zero-order valence-corrected chi connectivity index (χ0v) is 11.5. The molecule has 2 N–H and O–H groups in total. The first kappa shape index (κ1) is 15.7. The summed E-state index contributed by atoms with van der Waals surface area (Å²) in [5.74, 6) is -0.665. The smallest absolute Gasteiger partial charge is 0.287 e. The van der Waals surface area contributed by atoms with Crippen molar-refractivity contribution in [2.45, 2.75) is 0 Å². The van der Waals surface area contributed by atoms with Crippen LogP contribution in [0.5, 0.6) is 0 Å². The molecule has 1 aromatic rings. The quantitative estimate of drug-likeness (QED) is 0.869. The number of ether oxygens (including phenoxy) is 1. The third-order valence-corrected chi connectivity index (χ3v) is 3.01. The normalized spacial score (nSPS) is 16.2. The van der Waals surface area contributed by atoms with Crippen LogP contribution in [0.15, 0.2) is 34.2 Å². The zero-order chi connectivity index (χ0) is 13.0. The monoisotopic (exact) mass is 302 g/mol. The van der Waals surface area contributed by atoms with Gasteiger partial charge in [0.15, 0.2) is 0 Å². The summed E-state index contributed by atoms with van der Waals surface area (Å²) in [4.78, 5) is 15.8. The van der Waals surface area contributed by atoms with E-state index < -0.39 is 0 Å². The van der Waals surface area contributed by atoms with Gasteiger partial charge in [-0.15, -0.1) is 12.4 Å². The highest BCUT2D eigenvalue weighted by Crippen LogP contribution is 2.28. The second kappa shape index (κ2) is 7.28. The Balaban J connectivity index is 0.00000180. The van der Waals surface area contributed by atoms with Gasteiger partial charge >= 0.3 is 0 Å². The van der Waals surface area contributed by atoms with Crippen LogP contribution in [0.4, 0.5) is 4.39 Å². The molecule has 0 spiro atoms. The first-order valence-electron chi connectivity index (χ1n) is 5.30. The molecule has 1 heterocycles. The molecule has 19 heavy (non-hydrogen) atoms. The Kier molecular flexibility index (Phi) is 6.01. The van der Waals surface area contributed by atoms with Crippen molar-refractivity contribution in [1.82, 2.24) is 0 Å². The molecule has 0 fully saturated rings. The minimum Gasteiger partial charge on any atom is -0.471 e. The lowest BCUT2D eigenvalue weighted by molar-refractivity contribution is -0.113. The van der Waals surface area contributed by atoms with Gasteiger partial charge in [-0.2, -0.15) is 4.99 Å². The first-order chi connectivity index (χ1) is 8.69. The third-order valence-electron chi connectivity index (χ3n) is 2.11. The molecule has 1 aliphatic rings. The van der Waals surface area contributed by atoms with Crippen LogP contribution in [0.3, 0.4) is 0 Å². The summed E-state index contributed by atoms with van der Waals surface area (Å²) in [5.41, 5.74) is 6.03. The van der Waals surface area contributed by atoms with Crippen LogP contribution < -0.4 is 5.73 Å². The fraction of sp³-hybridized carbons (Fsp3) is 0.167. The van der Waals surface area contributed by atoms with Crippen molar-refractivity contribution in [2.75, 3.05) is 13.2 Å². The highest BCUT2D eigenvalue weighted by Gasteiger charge is 2.22. The third kappa shape index (κ3) is 4.34. The lowest BCUT2D eigenvalue weighted by Gasteiger charge is -2.00. The van der Waals surface area contributed by atoms with Gasteiger partial charge < -0.3 is 10.5 Å². The Morgan fingerprint density at radius 3 is 2.68 bits per heavy atom. The lowest BCUT2D eigenvalue weighted by Crippen LogP contribution is -2.10. The largest absolute Gasteiger partial charge is 0.471 e. The molecule has 0 radical (unpaired) electrons. The summed E-state index contributed by atoms with van der Waals surface area (Å²) in [6.45, 7) is 0.688. The molecular formula is C12H12ClFN2O2S. The highest BCUT2D eigenvalue weighted by molar-refractivity contribution is 8.18. The van der Waals surface area contributed by atoms with Crippen molar-refractivity contribution in [3.8, 4) is 0 Å². The number of amides is 1. The lowest BCUT2D eigenvalue weighted by atomic mass is 10.2. The molecule has 0 atom stereocenters. The molecule has 1 aliphatic heterocycles. The molecule has 0 aromatic heterocycles. The van der Waals surface area contributed by atoms with Crippen LogP contribution in [0, 0.1) is 5.82 Å². The van der Waals surface area contributed by atoms with E-state index in [9.17, 15) is 9.18 Å². The maximum atomic E-state index is 12.7. The van der Waals surface area contributed by atoms with E-state index >= 15 is 0 Å². The number of aliphatic imine (C=N–C) groups is 1. The standard InChI is InChI=1S/C12H11FN2O2S.ClH/c13-9-3-1-8(2-4-9)7-10-11(16)15-12(18-10)17-6-5-14;/h1-4,7H,5-6,14H2;1H/b10-7+;. The molecule has 7 heteroatoms. The van der Waals surface area contributed by atoms with E-state index in [1.165, 1.54) is 12.1 Å². The second-order valence-corrected chi connectivity index (χ2v) is 4.48. The molecule has 1 aromatic carbocycles. The fourth-order valence-electron chi connectivity index (χ4n) is 1.31. The first-order valence-corrected chi connectivity index (χ1v) is 6.11. The summed E-state index contributed by atoms with van der Waals surface area (Å²) >= 11 is 1.15. The number of nitrogens with zero attached hydrogens (tertiary/aromatic N) is 1. The Morgan fingerprint density at radius 1 is 1.37 bits per heavy atom. The maximum Gasteiger partial charge on any atom is 0.287 e. The zero-order valence-electron chi connectivity index (χ0n) is 9.84. The molecule has 0 unspecified atom stereocenters. The summed E-state index contributed by atoms with van der Waals surface area (Å²) in [6.07, 6.45) is 1.65. The average molecular weight is 303 g/mol. The summed E-state index contributed by atoms with van der Waals surface area (Å²) in [7, 11) is 0. The van der Waals surface area contributed by atoms with Crippen LogP contribution >= 0.6 is 24.2 Å². The Morgan fingerprint density at radius 2 is 2.05 bits per heavy atom. The van der Waals surface area contributed by atoms with Crippen molar-refractivity contribution in [3.63, 3.8) is 0 Å². The minimum absolute atomic E-state index is 0. The number of thioether (sulfide) groups is 1. The van der Waals surface area contributed by atoms with Crippen molar-refractivity contribution in [3.05, 3.63) is 40.6 Å². The van der Waals surface area contributed by atoms with Crippen LogP contribution in [0.2, 0.25) is 0 Å². The van der Waals surface area contributed by atoms with E-state index in [-0.39, 0.29) is 24.1 Å². The number of hydrogen-bond donors (Lipinski definition) is 1. The molecule has 4 nitrogen and oxygen atoms in total. The Labute approximate surface area is 120 Å². The van der Waals surface area contributed by atoms with E-state index in [1.807, 2.05) is 0 Å². The molecule has 0 saturated carbocycles. The second-order valence-electron chi connectivity index (χ2n) is 3.48. The van der Waals surface area contributed by atoms with Gasteiger partial charge in [-0.1, -0.05) is 12.1 Å². The predicted octanol–water partition coefficient (Wildman–Crippen LogP) is 2.19. The minimum atomic E-state index is -0.351. The molecule has 102 valence electrons. The Hall–Kier alpha value is -1.37. The van der Waals surface area contributed by atoms with E-state index in [0.717, 1.165) is 17.3 Å². The average Bonchev–Trinajstić information content (AvgIpc) is 2.70. The van der Waals surface area contributed by atoms with Crippen molar-refractivity contribution < 1.29 is 13.9 Å². The maximum absolute atomic E-state index is 12.7. The van der Waals surface area contributed by atoms with Crippen molar-refractivity contribution >= 4 is 41.4 Å². The van der Waals surface area contributed by atoms with Gasteiger partial charge in [0, 0.05) is 6.54 Å². The van der Waals surface area contributed by atoms with Gasteiger partial charge in [0.25, 0.3) is 11.1 Å². The SMILES string of the molecule is Cl.NCCOC1=NC(=O)/C(=C\c2ccc(F)cc2)S1. The van der Waals surface area contributed by atoms with Crippen LogP contribution in [0.1, 0.15) is 5.56 Å². The van der Waals surface area contributed by atoms with Crippen molar-refractivity contribution in [1.29, 1.82) is 0 Å². The number of rotatable bonds is 3. The molecule has 2 rings (SSSR count). The number of benzene rings is 1. The summed E-state index contributed by atoms with van der Waals surface area (Å²) in [5, 5.41) is 0.304. The predicted molar refractivity (Wildman–Crippen MR) is 76.7 cm³/mol. The molecule has 0 bridgehead atoms. The number of carbonyl (C=O) groups is 1. The van der Waals surface area contributed by atoms with E-state index in [4.69, 9.17) is 10.5 Å². The van der Waals surface area contributed by atoms with Gasteiger partial charge in [-0.05, 0) is 35.5 Å². The van der Waals surface area contributed by atoms with Crippen LogP contribution in [-0.2, 0) is 9.53 Å². The van der Waals surface area contributed by atoms with Gasteiger partial charge in [0.1, 0.15) is 12.4 Å². The number of halogens is 2. The molecular weight excluding hydrogens is 291 g/mol. The number of nitrogens with two attached hydrogens (primary N) is 1. The molecule has 0 aliphatic carbocycles. The topological polar surface area (TPSA) is 64.7 Å². The molecule has 0 saturated heterocycles. The van der Waals surface area contributed by atoms with E-state index in [2.05, 4.69) is 4.99 Å². The summed E-state index contributed by atoms with van der Waals surface area (Å²) in [6, 6.07) is 5.86. The Bertz CT molecular complexity index is 517. The number of carbonyl (C=O) groups excluding carboxylic acids is 1. The molecule has 1 amide bonds. The van der Waals surface area contributed by atoms with Crippen LogP contribution in [0.25, 0.3) is 6.08 Å².